The molecule has 1 aromatic rings. The maximum atomic E-state index is 13.3. The number of nitrogen functional groups attached to an aromatic ring is 1. The number of cyclic esters (lactones) is 1. The number of hydrogen-bond acceptors (Lipinski definition) is 18. The van der Waals surface area contributed by atoms with Crippen molar-refractivity contribution in [2.45, 2.75) is 205 Å². The number of phosphoric ester groups is 2. The highest BCUT2D eigenvalue weighted by Crippen LogP contribution is 2.60. The van der Waals surface area contributed by atoms with Crippen LogP contribution in [0.2, 0.25) is 0 Å². The molecule has 9 N–H and O–H groups in total. The van der Waals surface area contributed by atoms with Gasteiger partial charge in [0, 0.05) is 30.9 Å². The number of nitrogens with two attached hydrogens (primary N) is 1. The zero-order valence-electron chi connectivity index (χ0n) is 41.8. The van der Waals surface area contributed by atoms with E-state index in [1.54, 1.807) is 0 Å². The summed E-state index contributed by atoms with van der Waals surface area (Å²) in [5.41, 5.74) is 4.73. The number of anilines is 1. The number of phosphoric acid groups is 2. The Morgan fingerprint density at radius 1 is 0.859 bits per heavy atom. The fourth-order valence-corrected chi connectivity index (χ4v) is 10.6. The van der Waals surface area contributed by atoms with Gasteiger partial charge in [0.05, 0.1) is 44.1 Å². The lowest BCUT2D eigenvalue weighted by Gasteiger charge is -2.40. The third-order valence-electron chi connectivity index (χ3n) is 12.5. The molecule has 71 heavy (non-hydrogen) atoms. The monoisotopic (exact) mass is 1050 g/mol. The summed E-state index contributed by atoms with van der Waals surface area (Å²) in [6, 6.07) is 1.22. The minimum Gasteiger partial charge on any atom is -0.462 e. The molecule has 2 aliphatic rings. The first kappa shape index (κ1) is 62.4. The van der Waals surface area contributed by atoms with Crippen LogP contribution in [0.5, 0.6) is 0 Å². The van der Waals surface area contributed by atoms with Gasteiger partial charge in [0.25, 0.3) is 0 Å². The molecule has 0 aliphatic carbocycles. The highest BCUT2D eigenvalue weighted by Gasteiger charge is 2.45. The van der Waals surface area contributed by atoms with E-state index in [0.29, 0.717) is 19.3 Å². The number of ether oxygens (including phenoxy) is 3. The van der Waals surface area contributed by atoms with Crippen LogP contribution < -0.4 is 11.4 Å². The van der Waals surface area contributed by atoms with Crippen LogP contribution in [0.25, 0.3) is 0 Å². The van der Waals surface area contributed by atoms with E-state index in [4.69, 9.17) is 29.0 Å². The number of nitrogens with zero attached hydrogens (tertiary/aromatic N) is 2. The van der Waals surface area contributed by atoms with E-state index in [0.717, 1.165) is 55.2 Å². The van der Waals surface area contributed by atoms with E-state index in [1.807, 2.05) is 6.92 Å². The Labute approximate surface area is 418 Å². The first-order valence-corrected chi connectivity index (χ1v) is 28.5. The molecule has 1 aromatic heterocycles. The first-order valence-electron chi connectivity index (χ1n) is 25.5. The summed E-state index contributed by atoms with van der Waals surface area (Å²) >= 11 is 0. The molecule has 1 fully saturated rings. The van der Waals surface area contributed by atoms with Crippen LogP contribution in [0, 0.1) is 17.8 Å². The maximum Gasteiger partial charge on any atom is 0.481 e. The van der Waals surface area contributed by atoms with Gasteiger partial charge in [0.15, 0.2) is 6.10 Å². The fourth-order valence-electron chi connectivity index (χ4n) is 8.46. The van der Waals surface area contributed by atoms with Crippen molar-refractivity contribution >= 4 is 33.4 Å². The first-order chi connectivity index (χ1) is 33.7. The minimum absolute atomic E-state index is 0.0628. The molecule has 0 saturated carbocycles. The minimum atomic E-state index is -5.69. The molecule has 1 saturated heterocycles. The fraction of sp³-hybridized carbons (Fsp3) is 0.792. The van der Waals surface area contributed by atoms with Gasteiger partial charge in [0.2, 0.25) is 0 Å². The molecule has 0 spiro atoms. The predicted molar refractivity (Wildman–Crippen MR) is 263 cm³/mol. The normalized spacial score (nSPS) is 30.6. The van der Waals surface area contributed by atoms with Crippen LogP contribution in [0.1, 0.15) is 162 Å². The lowest BCUT2D eigenvalue weighted by molar-refractivity contribution is -0.194. The number of carbonyl (C=O) groups is 2. The second-order valence-corrected chi connectivity index (χ2v) is 22.2. The molecule has 23 heteroatoms. The summed E-state index contributed by atoms with van der Waals surface area (Å²) in [7, 11) is -11.3. The van der Waals surface area contributed by atoms with E-state index in [1.165, 1.54) is 81.7 Å². The van der Waals surface area contributed by atoms with Gasteiger partial charge in [-0.25, -0.2) is 13.9 Å². The summed E-state index contributed by atoms with van der Waals surface area (Å²) in [5.74, 6) is -3.65. The van der Waals surface area contributed by atoms with Crippen molar-refractivity contribution in [1.82, 2.24) is 9.55 Å². The highest BCUT2D eigenvalue weighted by atomic mass is 31.3. The van der Waals surface area contributed by atoms with Gasteiger partial charge >= 0.3 is 33.3 Å². The summed E-state index contributed by atoms with van der Waals surface area (Å²) in [5, 5.41) is 57.2. The zero-order valence-corrected chi connectivity index (χ0v) is 43.6. The van der Waals surface area contributed by atoms with Gasteiger partial charge in [-0.1, -0.05) is 141 Å². The van der Waals surface area contributed by atoms with Crippen LogP contribution >= 0.6 is 15.6 Å². The largest absolute Gasteiger partial charge is 0.481 e. The van der Waals surface area contributed by atoms with Crippen molar-refractivity contribution in [2.75, 3.05) is 25.6 Å². The Hall–Kier alpha value is -2.88. The van der Waals surface area contributed by atoms with Gasteiger partial charge in [0.1, 0.15) is 30.9 Å². The average molecular weight is 1050 g/mol. The number of aromatic nitrogens is 2. The van der Waals surface area contributed by atoms with Crippen molar-refractivity contribution in [2.24, 2.45) is 17.8 Å². The smallest absolute Gasteiger partial charge is 0.462 e. The second kappa shape index (κ2) is 33.1. The quantitative estimate of drug-likeness (QED) is 0.0238. The van der Waals surface area contributed by atoms with Gasteiger partial charge in [-0.3, -0.25) is 23.2 Å². The van der Waals surface area contributed by atoms with Crippen molar-refractivity contribution in [1.29, 1.82) is 0 Å². The van der Waals surface area contributed by atoms with Crippen molar-refractivity contribution in [3.63, 3.8) is 0 Å². The molecule has 3 rings (SSSR count). The Balaban J connectivity index is 1.78. The van der Waals surface area contributed by atoms with E-state index in [2.05, 4.69) is 23.1 Å². The van der Waals surface area contributed by atoms with Crippen LogP contribution in [-0.4, -0.2) is 119 Å². The highest BCUT2D eigenvalue weighted by molar-refractivity contribution is 7.61. The van der Waals surface area contributed by atoms with Gasteiger partial charge in [-0.15, -0.1) is 0 Å². The van der Waals surface area contributed by atoms with Crippen LogP contribution in [0.4, 0.5) is 5.82 Å². The molecular weight excluding hydrogens is 968 g/mol. The van der Waals surface area contributed by atoms with Crippen LogP contribution in [0.15, 0.2) is 41.4 Å². The summed E-state index contributed by atoms with van der Waals surface area (Å²) < 4.78 is 58.6. The third-order valence-corrected chi connectivity index (χ3v) is 15.1. The molecule has 0 amide bonds. The zero-order chi connectivity index (χ0) is 52.4. The Bertz CT molecular complexity index is 1920. The summed E-state index contributed by atoms with van der Waals surface area (Å²) in [4.78, 5) is 64.1. The van der Waals surface area contributed by atoms with Crippen molar-refractivity contribution in [3.8, 4) is 0 Å². The Kier molecular flexibility index (Phi) is 29.1. The number of unbranched alkanes of at least 4 members (excludes halogenated alkanes) is 13. The number of aliphatic hydroxyl groups is 5. The molecule has 21 nitrogen and oxygen atoms in total. The standard InChI is InChI=1S/C48H83N3O18P2/c1-4-5-16-22-35(52)26-27-37-39(53)30-40(54)38-23-19-20-25-44(56)67-36(31-64-43(55)24-18-15-13-11-9-7-6-8-10-12-14-17-21-34(2)3)32-65-70(60,61)69-71(62,63)66-33-41(46(58)45(37)57)68-47(38)51-29-28-42(49)50-48(51)59/h19-20,26-29,34-41,45-47,52-54,57-58H,4-18,21-25,30-33H2,1-3H3,(H,60,61)(H,62,63)(H2,49,50,59)/b20-19-,27-26?/t35-,36-,37+,38-,39-,40+,41-,45+,46-,47-/m1/s1. The van der Waals surface area contributed by atoms with Gasteiger partial charge < -0.3 is 55.3 Å². The molecule has 12 atom stereocenters. The van der Waals surface area contributed by atoms with Gasteiger partial charge in [-0.2, -0.15) is 9.29 Å². The maximum absolute atomic E-state index is 13.3. The number of hydrogen-bond donors (Lipinski definition) is 8. The van der Waals surface area contributed by atoms with Crippen LogP contribution in [0.3, 0.4) is 0 Å². The van der Waals surface area contributed by atoms with Crippen LogP contribution in [-0.2, 0) is 46.3 Å². The Morgan fingerprint density at radius 2 is 1.46 bits per heavy atom. The number of esters is 2. The second-order valence-electron chi connectivity index (χ2n) is 19.1. The van der Waals surface area contributed by atoms with Gasteiger partial charge in [-0.05, 0) is 31.2 Å². The average Bonchev–Trinajstić information content (AvgIpc) is 3.29. The molecule has 408 valence electrons. The number of carbonyl (C=O) groups excluding carboxylic acids is 2. The molecule has 2 bridgehead atoms. The molecule has 2 aliphatic heterocycles. The van der Waals surface area contributed by atoms with E-state index in [-0.39, 0.29) is 18.7 Å². The molecule has 0 aromatic carbocycles. The lowest BCUT2D eigenvalue weighted by atomic mass is 9.82. The predicted octanol–water partition coefficient (Wildman–Crippen LogP) is 6.46. The van der Waals surface area contributed by atoms with E-state index < -0.39 is 127 Å². The van der Waals surface area contributed by atoms with Crippen molar-refractivity contribution < 1.29 is 81.6 Å². The van der Waals surface area contributed by atoms with Crippen molar-refractivity contribution in [3.05, 3.63) is 47.1 Å². The molecule has 3 heterocycles. The molecular formula is C48H83N3O18P2. The topological polar surface area (TPSA) is 326 Å². The lowest BCUT2D eigenvalue weighted by Crippen LogP contribution is -2.52. The Morgan fingerprint density at radius 3 is 2.08 bits per heavy atom. The van der Waals surface area contributed by atoms with E-state index in [9.17, 15) is 58.8 Å². The molecule has 0 radical (unpaired) electrons. The molecule has 2 unspecified atom stereocenters. The number of allylic oxidation sites excluding steroid dienone is 1. The summed E-state index contributed by atoms with van der Waals surface area (Å²) in [6.45, 7) is 3.74. The third kappa shape index (κ3) is 24.8. The van der Waals surface area contributed by atoms with E-state index >= 15 is 0 Å². The summed E-state index contributed by atoms with van der Waals surface area (Å²) in [6.07, 6.45) is 9.29. The number of fused-ring (bicyclic) bond motifs is 3. The number of aliphatic hydroxyl groups excluding tert-OH is 5. The number of rotatable bonds is 24. The SMILES string of the molecule is CCCCC[C@@H](O)C=C[C@@H]1[C@H](O)[C@H](O)[C@H]2COP(=O)(O)OP(=O)(O)OC[C@@H](COC(=O)CCCCCCCCCCCCCCC(C)C)OC(=O)C/C=C\C[C@@H]([C@H](n3ccc(N)nc3=O)O2)[C@@H](O)C[C@H]1O.